The predicted octanol–water partition coefficient (Wildman–Crippen LogP) is 0.964. The Kier molecular flexibility index (Phi) is 3.63. The highest BCUT2D eigenvalue weighted by molar-refractivity contribution is 8.13. The maximum Gasteiger partial charge on any atom is 0.239 e. The second-order valence-corrected chi connectivity index (χ2v) is 7.74. The topological polar surface area (TPSA) is 94.3 Å². The van der Waals surface area contributed by atoms with Crippen LogP contribution < -0.4 is 5.14 Å². The standard InChI is InChI=1S/C8H10ClNO4S2/c1-6(15(9,11)12)7-2-4-8(5-3-7)16(10,13)14/h2-6H,1H3,(H2,10,13,14). The number of hydrogen-bond acceptors (Lipinski definition) is 4. The molecule has 0 saturated heterocycles. The van der Waals surface area contributed by atoms with E-state index in [0.717, 1.165) is 0 Å². The number of halogens is 1. The average molecular weight is 284 g/mol. The lowest BCUT2D eigenvalue weighted by Crippen LogP contribution is -2.12. The third kappa shape index (κ3) is 3.18. The fourth-order valence-corrected chi connectivity index (χ4v) is 2.40. The van der Waals surface area contributed by atoms with E-state index in [1.54, 1.807) is 0 Å². The molecule has 5 nitrogen and oxygen atoms in total. The van der Waals surface area contributed by atoms with E-state index in [1.807, 2.05) is 0 Å². The molecule has 1 aromatic carbocycles. The number of rotatable bonds is 3. The SMILES string of the molecule is CC(c1ccc(S(N)(=O)=O)cc1)S(=O)(=O)Cl. The van der Waals surface area contributed by atoms with Gasteiger partial charge in [0.15, 0.2) is 0 Å². The van der Waals surface area contributed by atoms with Gasteiger partial charge in [-0.15, -0.1) is 0 Å². The van der Waals surface area contributed by atoms with Gasteiger partial charge >= 0.3 is 0 Å². The van der Waals surface area contributed by atoms with E-state index in [9.17, 15) is 16.8 Å². The van der Waals surface area contributed by atoms with Crippen molar-refractivity contribution < 1.29 is 16.8 Å². The highest BCUT2D eigenvalue weighted by atomic mass is 35.7. The van der Waals surface area contributed by atoms with Crippen molar-refractivity contribution in [2.75, 3.05) is 0 Å². The van der Waals surface area contributed by atoms with E-state index in [4.69, 9.17) is 15.8 Å². The molecule has 0 amide bonds. The van der Waals surface area contributed by atoms with Crippen molar-refractivity contribution in [2.24, 2.45) is 5.14 Å². The molecule has 1 unspecified atom stereocenters. The summed E-state index contributed by atoms with van der Waals surface area (Å²) in [6, 6.07) is 5.21. The van der Waals surface area contributed by atoms with Crippen LogP contribution in [-0.2, 0) is 19.1 Å². The fraction of sp³-hybridized carbons (Fsp3) is 0.250. The third-order valence-electron chi connectivity index (χ3n) is 2.10. The molecule has 0 heterocycles. The van der Waals surface area contributed by atoms with Gasteiger partial charge in [0, 0.05) is 10.7 Å². The van der Waals surface area contributed by atoms with Gasteiger partial charge in [0.1, 0.15) is 0 Å². The van der Waals surface area contributed by atoms with E-state index < -0.39 is 24.3 Å². The van der Waals surface area contributed by atoms with Gasteiger partial charge in [-0.2, -0.15) is 0 Å². The first-order chi connectivity index (χ1) is 7.12. The van der Waals surface area contributed by atoms with Gasteiger partial charge in [-0.05, 0) is 24.6 Å². The second-order valence-electron chi connectivity index (χ2n) is 3.23. The summed E-state index contributed by atoms with van der Waals surface area (Å²) in [6.45, 7) is 1.41. The molecule has 8 heteroatoms. The summed E-state index contributed by atoms with van der Waals surface area (Å²) in [5.41, 5.74) is 0.405. The molecule has 0 aliphatic carbocycles. The average Bonchev–Trinajstić information content (AvgIpc) is 2.14. The van der Waals surface area contributed by atoms with Crippen molar-refractivity contribution in [2.45, 2.75) is 17.1 Å². The summed E-state index contributed by atoms with van der Waals surface area (Å²) < 4.78 is 44.0. The zero-order chi connectivity index (χ0) is 12.6. The van der Waals surface area contributed by atoms with Crippen LogP contribution in [0.15, 0.2) is 29.2 Å². The second kappa shape index (κ2) is 4.33. The smallest absolute Gasteiger partial charge is 0.225 e. The molecule has 1 atom stereocenters. The first-order valence-corrected chi connectivity index (χ1v) is 8.10. The summed E-state index contributed by atoms with van der Waals surface area (Å²) in [5.74, 6) is 0. The largest absolute Gasteiger partial charge is 0.239 e. The Bertz CT molecular complexity index is 577. The lowest BCUT2D eigenvalue weighted by molar-refractivity contribution is 0.597. The zero-order valence-corrected chi connectivity index (χ0v) is 10.7. The summed E-state index contributed by atoms with van der Waals surface area (Å²) in [4.78, 5) is -0.0737. The molecule has 0 aromatic heterocycles. The Labute approximate surface area is 98.7 Å². The van der Waals surface area contributed by atoms with Gasteiger partial charge in [-0.1, -0.05) is 12.1 Å². The zero-order valence-electron chi connectivity index (χ0n) is 8.29. The third-order valence-corrected chi connectivity index (χ3v) is 4.95. The van der Waals surface area contributed by atoms with Crippen molar-refractivity contribution in [3.05, 3.63) is 29.8 Å². The maximum atomic E-state index is 11.0. The van der Waals surface area contributed by atoms with Crippen LogP contribution in [-0.4, -0.2) is 16.8 Å². The number of sulfonamides is 1. The number of hydrogen-bond donors (Lipinski definition) is 1. The summed E-state index contributed by atoms with van der Waals surface area (Å²) in [6.07, 6.45) is 0. The molecule has 16 heavy (non-hydrogen) atoms. The molecule has 0 radical (unpaired) electrons. The summed E-state index contributed by atoms with van der Waals surface area (Å²) >= 11 is 0. The van der Waals surface area contributed by atoms with Crippen LogP contribution in [0, 0.1) is 0 Å². The van der Waals surface area contributed by atoms with Crippen molar-refractivity contribution in [3.8, 4) is 0 Å². The molecule has 1 aromatic rings. The van der Waals surface area contributed by atoms with E-state index in [1.165, 1.54) is 31.2 Å². The van der Waals surface area contributed by atoms with Crippen LogP contribution in [0.1, 0.15) is 17.7 Å². The lowest BCUT2D eigenvalue weighted by atomic mass is 10.2. The molecular weight excluding hydrogens is 274 g/mol. The molecule has 0 aliphatic heterocycles. The summed E-state index contributed by atoms with van der Waals surface area (Å²) in [7, 11) is -2.30. The van der Waals surface area contributed by atoms with Crippen LogP contribution in [0.4, 0.5) is 0 Å². The van der Waals surface area contributed by atoms with Gasteiger partial charge in [-0.3, -0.25) is 0 Å². The lowest BCUT2D eigenvalue weighted by Gasteiger charge is -2.08. The van der Waals surface area contributed by atoms with Crippen LogP contribution in [0.3, 0.4) is 0 Å². The van der Waals surface area contributed by atoms with E-state index in [-0.39, 0.29) is 4.90 Å². The molecule has 0 spiro atoms. The first kappa shape index (κ1) is 13.4. The molecule has 0 aliphatic rings. The van der Waals surface area contributed by atoms with Crippen LogP contribution in [0.2, 0.25) is 0 Å². The molecule has 0 fully saturated rings. The van der Waals surface area contributed by atoms with Crippen molar-refractivity contribution >= 4 is 29.8 Å². The number of primary sulfonamides is 1. The molecule has 2 N–H and O–H groups in total. The molecular formula is C8H10ClNO4S2. The highest BCUT2D eigenvalue weighted by Crippen LogP contribution is 2.25. The number of nitrogens with two attached hydrogens (primary N) is 1. The molecule has 90 valence electrons. The normalized spacial score (nSPS) is 14.7. The van der Waals surface area contributed by atoms with Gasteiger partial charge in [0.05, 0.1) is 10.1 Å². The summed E-state index contributed by atoms with van der Waals surface area (Å²) in [5, 5.41) is 4.00. The van der Waals surface area contributed by atoms with Gasteiger partial charge in [0.2, 0.25) is 19.1 Å². The predicted molar refractivity (Wildman–Crippen MR) is 61.0 cm³/mol. The van der Waals surface area contributed by atoms with Gasteiger partial charge in [-0.25, -0.2) is 22.0 Å². The Balaban J connectivity index is 3.15. The van der Waals surface area contributed by atoms with Gasteiger partial charge in [0.25, 0.3) is 0 Å². The van der Waals surface area contributed by atoms with Crippen molar-refractivity contribution in [1.82, 2.24) is 0 Å². The Morgan fingerprint density at radius 2 is 1.56 bits per heavy atom. The van der Waals surface area contributed by atoms with E-state index in [2.05, 4.69) is 0 Å². The monoisotopic (exact) mass is 283 g/mol. The number of benzene rings is 1. The van der Waals surface area contributed by atoms with Gasteiger partial charge < -0.3 is 0 Å². The molecule has 1 rings (SSSR count). The van der Waals surface area contributed by atoms with E-state index in [0.29, 0.717) is 5.56 Å². The highest BCUT2D eigenvalue weighted by Gasteiger charge is 2.20. The van der Waals surface area contributed by atoms with E-state index >= 15 is 0 Å². The fourth-order valence-electron chi connectivity index (χ4n) is 1.09. The molecule has 0 bridgehead atoms. The minimum atomic E-state index is -3.76. The Morgan fingerprint density at radius 1 is 1.12 bits per heavy atom. The van der Waals surface area contributed by atoms with Crippen LogP contribution in [0.5, 0.6) is 0 Å². The molecule has 0 saturated carbocycles. The Hall–Kier alpha value is -0.630. The van der Waals surface area contributed by atoms with Crippen LogP contribution >= 0.6 is 10.7 Å². The Morgan fingerprint density at radius 3 is 1.88 bits per heavy atom. The van der Waals surface area contributed by atoms with Crippen molar-refractivity contribution in [1.29, 1.82) is 0 Å². The minimum Gasteiger partial charge on any atom is -0.225 e. The maximum absolute atomic E-state index is 11.0. The minimum absolute atomic E-state index is 0.0737. The first-order valence-electron chi connectivity index (χ1n) is 4.18. The van der Waals surface area contributed by atoms with Crippen molar-refractivity contribution in [3.63, 3.8) is 0 Å². The van der Waals surface area contributed by atoms with Crippen LogP contribution in [0.25, 0.3) is 0 Å². The quantitative estimate of drug-likeness (QED) is 0.836.